The Labute approximate surface area is 83.1 Å². The topological polar surface area (TPSA) is 95.3 Å². The molecule has 1 aliphatic rings. The van der Waals surface area contributed by atoms with Crippen LogP contribution in [0.3, 0.4) is 0 Å². The van der Waals surface area contributed by atoms with E-state index in [9.17, 15) is 16.8 Å². The minimum atomic E-state index is -3.58. The van der Waals surface area contributed by atoms with E-state index in [0.29, 0.717) is 0 Å². The van der Waals surface area contributed by atoms with E-state index < -0.39 is 25.6 Å². The standard InChI is InChI=1S/C6H10N2O4S2/c7-1-4-14(11,12)8-2-5-13(9,10)6-3-8/h2-6H2. The van der Waals surface area contributed by atoms with E-state index >= 15 is 0 Å². The third-order valence-electron chi connectivity index (χ3n) is 1.94. The van der Waals surface area contributed by atoms with Crippen molar-refractivity contribution in [3.63, 3.8) is 0 Å². The van der Waals surface area contributed by atoms with Gasteiger partial charge in [0.05, 0.1) is 17.6 Å². The quantitative estimate of drug-likeness (QED) is 0.587. The number of rotatable bonds is 2. The SMILES string of the molecule is N#CCS(=O)(=O)N1CCS(=O)(=O)CC1. The van der Waals surface area contributed by atoms with Crippen LogP contribution in [-0.2, 0) is 19.9 Å². The summed E-state index contributed by atoms with van der Waals surface area (Å²) in [5, 5.41) is 8.26. The van der Waals surface area contributed by atoms with Crippen molar-refractivity contribution in [3.8, 4) is 6.07 Å². The average molecular weight is 238 g/mol. The summed E-state index contributed by atoms with van der Waals surface area (Å²) in [4.78, 5) is 0. The molecule has 1 heterocycles. The molecule has 0 radical (unpaired) electrons. The maximum atomic E-state index is 11.3. The van der Waals surface area contributed by atoms with E-state index in [1.54, 1.807) is 6.07 Å². The van der Waals surface area contributed by atoms with Gasteiger partial charge < -0.3 is 0 Å². The van der Waals surface area contributed by atoms with Gasteiger partial charge in [-0.1, -0.05) is 0 Å². The van der Waals surface area contributed by atoms with Crippen molar-refractivity contribution >= 4 is 19.9 Å². The zero-order valence-electron chi connectivity index (χ0n) is 7.38. The second-order valence-electron chi connectivity index (χ2n) is 2.97. The van der Waals surface area contributed by atoms with E-state index in [1.807, 2.05) is 0 Å². The molecule has 6 nitrogen and oxygen atoms in total. The molecule has 14 heavy (non-hydrogen) atoms. The molecular formula is C6H10N2O4S2. The third kappa shape index (κ3) is 2.67. The van der Waals surface area contributed by atoms with E-state index in [2.05, 4.69) is 0 Å². The van der Waals surface area contributed by atoms with Crippen LogP contribution in [0.25, 0.3) is 0 Å². The molecule has 0 bridgehead atoms. The van der Waals surface area contributed by atoms with Crippen LogP contribution in [-0.4, -0.2) is 51.5 Å². The van der Waals surface area contributed by atoms with Crippen molar-refractivity contribution in [2.45, 2.75) is 0 Å². The Balaban J connectivity index is 2.73. The van der Waals surface area contributed by atoms with E-state index in [0.717, 1.165) is 4.31 Å². The first-order chi connectivity index (χ1) is 6.37. The molecule has 0 aromatic carbocycles. The van der Waals surface area contributed by atoms with Crippen molar-refractivity contribution in [2.75, 3.05) is 30.3 Å². The number of hydrogen-bond donors (Lipinski definition) is 0. The van der Waals surface area contributed by atoms with Crippen LogP contribution in [0.5, 0.6) is 0 Å². The van der Waals surface area contributed by atoms with Gasteiger partial charge >= 0.3 is 0 Å². The maximum absolute atomic E-state index is 11.3. The molecule has 8 heteroatoms. The highest BCUT2D eigenvalue weighted by Crippen LogP contribution is 2.08. The van der Waals surface area contributed by atoms with Crippen molar-refractivity contribution < 1.29 is 16.8 Å². The predicted octanol–water partition coefficient (Wildman–Crippen LogP) is -1.43. The summed E-state index contributed by atoms with van der Waals surface area (Å²) >= 11 is 0. The monoisotopic (exact) mass is 238 g/mol. The van der Waals surface area contributed by atoms with Gasteiger partial charge in [0.25, 0.3) is 0 Å². The molecule has 1 fully saturated rings. The molecular weight excluding hydrogens is 228 g/mol. The number of sulfone groups is 1. The van der Waals surface area contributed by atoms with Crippen molar-refractivity contribution in [2.24, 2.45) is 0 Å². The first-order valence-corrected chi connectivity index (χ1v) is 7.36. The molecule has 1 aliphatic heterocycles. The molecule has 0 aliphatic carbocycles. The average Bonchev–Trinajstić information content (AvgIpc) is 2.03. The highest BCUT2D eigenvalue weighted by molar-refractivity contribution is 7.92. The number of nitriles is 1. The fraction of sp³-hybridized carbons (Fsp3) is 0.833. The van der Waals surface area contributed by atoms with Gasteiger partial charge in [-0.2, -0.15) is 9.57 Å². The Bertz CT molecular complexity index is 431. The molecule has 0 unspecified atom stereocenters. The fourth-order valence-corrected chi connectivity index (χ4v) is 3.66. The van der Waals surface area contributed by atoms with Crippen LogP contribution in [0.15, 0.2) is 0 Å². The Morgan fingerprint density at radius 3 is 2.21 bits per heavy atom. The van der Waals surface area contributed by atoms with Gasteiger partial charge in [-0.3, -0.25) is 0 Å². The minimum Gasteiger partial charge on any atom is -0.229 e. The van der Waals surface area contributed by atoms with Crippen molar-refractivity contribution in [1.82, 2.24) is 4.31 Å². The van der Waals surface area contributed by atoms with Gasteiger partial charge in [-0.15, -0.1) is 0 Å². The molecule has 0 saturated carbocycles. The number of sulfonamides is 1. The van der Waals surface area contributed by atoms with Crippen LogP contribution < -0.4 is 0 Å². The van der Waals surface area contributed by atoms with Gasteiger partial charge in [0, 0.05) is 13.1 Å². The molecule has 0 aromatic heterocycles. The first kappa shape index (κ1) is 11.4. The molecule has 0 aromatic rings. The lowest BCUT2D eigenvalue weighted by Crippen LogP contribution is -2.44. The fourth-order valence-electron chi connectivity index (χ4n) is 1.15. The highest BCUT2D eigenvalue weighted by Gasteiger charge is 2.29. The van der Waals surface area contributed by atoms with Crippen molar-refractivity contribution in [1.29, 1.82) is 5.26 Å². The lowest BCUT2D eigenvalue weighted by molar-refractivity contribution is 0.433. The second-order valence-corrected chi connectivity index (χ2v) is 7.24. The summed E-state index contributed by atoms with van der Waals surface area (Å²) in [6.45, 7) is -0.0707. The summed E-state index contributed by atoms with van der Waals surface area (Å²) in [6.07, 6.45) is 0. The summed E-state index contributed by atoms with van der Waals surface area (Å²) in [7, 11) is -6.66. The Hall–Kier alpha value is -0.650. The Morgan fingerprint density at radius 2 is 1.79 bits per heavy atom. The number of nitrogens with zero attached hydrogens (tertiary/aromatic N) is 2. The lowest BCUT2D eigenvalue weighted by atomic mass is 10.6. The van der Waals surface area contributed by atoms with Crippen LogP contribution in [0, 0.1) is 11.3 Å². The van der Waals surface area contributed by atoms with E-state index in [1.165, 1.54) is 0 Å². The number of hydrogen-bond acceptors (Lipinski definition) is 5. The maximum Gasteiger partial charge on any atom is 0.227 e. The van der Waals surface area contributed by atoms with Crippen molar-refractivity contribution in [3.05, 3.63) is 0 Å². The highest BCUT2D eigenvalue weighted by atomic mass is 32.2. The first-order valence-electron chi connectivity index (χ1n) is 3.92. The van der Waals surface area contributed by atoms with Gasteiger partial charge in [0.1, 0.15) is 0 Å². The van der Waals surface area contributed by atoms with Crippen LogP contribution >= 0.6 is 0 Å². The largest absolute Gasteiger partial charge is 0.229 e. The van der Waals surface area contributed by atoms with Crippen LogP contribution in [0.2, 0.25) is 0 Å². The predicted molar refractivity (Wildman–Crippen MR) is 49.6 cm³/mol. The molecule has 1 rings (SSSR count). The summed E-state index contributed by atoms with van der Waals surface area (Å²) < 4.78 is 45.7. The normalized spacial score (nSPS) is 22.8. The molecule has 80 valence electrons. The summed E-state index contributed by atoms with van der Waals surface area (Å²) in [5.41, 5.74) is 0. The Morgan fingerprint density at radius 1 is 1.29 bits per heavy atom. The van der Waals surface area contributed by atoms with E-state index in [-0.39, 0.29) is 24.6 Å². The zero-order valence-corrected chi connectivity index (χ0v) is 9.01. The second kappa shape index (κ2) is 3.84. The zero-order chi connectivity index (χ0) is 10.8. The van der Waals surface area contributed by atoms with Gasteiger partial charge in [0.2, 0.25) is 10.0 Å². The van der Waals surface area contributed by atoms with Crippen LogP contribution in [0.1, 0.15) is 0 Å². The third-order valence-corrected chi connectivity index (χ3v) is 5.20. The molecule has 0 amide bonds. The van der Waals surface area contributed by atoms with Gasteiger partial charge in [0.15, 0.2) is 15.6 Å². The summed E-state index contributed by atoms with van der Waals surface area (Å²) in [5.74, 6) is -0.900. The smallest absolute Gasteiger partial charge is 0.227 e. The summed E-state index contributed by atoms with van der Waals surface area (Å²) in [6, 6.07) is 1.55. The molecule has 0 N–H and O–H groups in total. The molecule has 1 saturated heterocycles. The lowest BCUT2D eigenvalue weighted by Gasteiger charge is -2.24. The minimum absolute atomic E-state index is 0.0354. The van der Waals surface area contributed by atoms with Gasteiger partial charge in [-0.05, 0) is 0 Å². The van der Waals surface area contributed by atoms with Crippen LogP contribution in [0.4, 0.5) is 0 Å². The van der Waals surface area contributed by atoms with E-state index in [4.69, 9.17) is 5.26 Å². The van der Waals surface area contributed by atoms with Gasteiger partial charge in [-0.25, -0.2) is 16.8 Å². The molecule has 0 spiro atoms. The Kier molecular flexibility index (Phi) is 3.14. The molecule has 0 atom stereocenters.